The Kier molecular flexibility index (Phi) is 3.11. The largest absolute Gasteiger partial charge is 0.456 e. The van der Waals surface area contributed by atoms with E-state index in [2.05, 4.69) is 0 Å². The smallest absolute Gasteiger partial charge is 0.371 e. The van der Waals surface area contributed by atoms with Crippen molar-refractivity contribution < 1.29 is 19.1 Å². The molecular weight excluding hydrogens is 240 g/mol. The molecule has 0 bridgehead atoms. The third kappa shape index (κ3) is 2.02. The quantitative estimate of drug-likeness (QED) is 0.465. The van der Waals surface area contributed by atoms with Crippen LogP contribution in [0.15, 0.2) is 5.38 Å². The predicted octanol–water partition coefficient (Wildman–Crippen LogP) is 1.54. The second kappa shape index (κ2) is 4.41. The fourth-order valence-corrected chi connectivity index (χ4v) is 3.17. The maximum atomic E-state index is 12.1. The summed E-state index contributed by atoms with van der Waals surface area (Å²) in [6.45, 7) is 3.61. The number of esters is 1. The molecule has 90 valence electrons. The van der Waals surface area contributed by atoms with Gasteiger partial charge in [0.05, 0.1) is 10.8 Å². The van der Waals surface area contributed by atoms with Gasteiger partial charge in [0, 0.05) is 0 Å². The molecule has 1 aromatic rings. The summed E-state index contributed by atoms with van der Waals surface area (Å²) in [7, 11) is 0. The topological polar surface area (TPSA) is 60.4 Å². The number of thiophene rings is 1. The van der Waals surface area contributed by atoms with Gasteiger partial charge < -0.3 is 4.74 Å². The third-order valence-electron chi connectivity index (χ3n) is 3.05. The summed E-state index contributed by atoms with van der Waals surface area (Å²) in [5, 5.41) is 1.96. The molecule has 2 unspecified atom stereocenters. The molecule has 0 aromatic carbocycles. The lowest BCUT2D eigenvalue weighted by atomic mass is 9.99. The van der Waals surface area contributed by atoms with Crippen LogP contribution in [0.4, 0.5) is 0 Å². The standard InChI is InChI=1S/C12H12O4S/c1-6-5-17-12-8(6)3-9(11(12)15)7(2)16-10(14)4-13/h4-5,7,9H,3H2,1-2H3. The lowest BCUT2D eigenvalue weighted by molar-refractivity contribution is -0.153. The molecule has 0 spiro atoms. The molecule has 0 saturated heterocycles. The van der Waals surface area contributed by atoms with E-state index in [0.717, 1.165) is 16.0 Å². The summed E-state index contributed by atoms with van der Waals surface area (Å²) in [6, 6.07) is 0. The first-order chi connectivity index (χ1) is 8.04. The van der Waals surface area contributed by atoms with Crippen LogP contribution >= 0.6 is 11.3 Å². The molecule has 1 aliphatic carbocycles. The summed E-state index contributed by atoms with van der Waals surface area (Å²) in [6.07, 6.45) is 0.160. The number of carbonyl (C=O) groups excluding carboxylic acids is 3. The molecule has 0 N–H and O–H groups in total. The zero-order valence-electron chi connectivity index (χ0n) is 9.56. The van der Waals surface area contributed by atoms with Gasteiger partial charge in [-0.25, -0.2) is 4.79 Å². The highest BCUT2D eigenvalue weighted by Crippen LogP contribution is 2.36. The van der Waals surface area contributed by atoms with E-state index in [1.807, 2.05) is 12.3 Å². The van der Waals surface area contributed by atoms with Gasteiger partial charge in [-0.3, -0.25) is 9.59 Å². The van der Waals surface area contributed by atoms with Crippen LogP contribution in [0.2, 0.25) is 0 Å². The molecule has 0 saturated carbocycles. The van der Waals surface area contributed by atoms with E-state index in [4.69, 9.17) is 4.74 Å². The van der Waals surface area contributed by atoms with Crippen molar-refractivity contribution in [1.82, 2.24) is 0 Å². The molecule has 5 heteroatoms. The molecule has 0 fully saturated rings. The highest BCUT2D eigenvalue weighted by Gasteiger charge is 2.38. The van der Waals surface area contributed by atoms with Gasteiger partial charge in [0.1, 0.15) is 6.10 Å². The average molecular weight is 252 g/mol. The Bertz CT molecular complexity index is 489. The molecule has 2 atom stereocenters. The van der Waals surface area contributed by atoms with Crippen LogP contribution in [0, 0.1) is 12.8 Å². The number of hydrogen-bond acceptors (Lipinski definition) is 5. The molecule has 1 aliphatic rings. The average Bonchev–Trinajstić information content (AvgIpc) is 2.81. The van der Waals surface area contributed by atoms with Crippen molar-refractivity contribution in [3.63, 3.8) is 0 Å². The maximum absolute atomic E-state index is 12.1. The van der Waals surface area contributed by atoms with Gasteiger partial charge in [0.25, 0.3) is 0 Å². The second-order valence-electron chi connectivity index (χ2n) is 4.16. The third-order valence-corrected chi connectivity index (χ3v) is 4.21. The Morgan fingerprint density at radius 3 is 2.94 bits per heavy atom. The minimum absolute atomic E-state index is 0.0179. The van der Waals surface area contributed by atoms with Crippen molar-refractivity contribution in [2.45, 2.75) is 26.4 Å². The lowest BCUT2D eigenvalue weighted by Gasteiger charge is -2.17. The fraction of sp³-hybridized carbons (Fsp3) is 0.417. The summed E-state index contributed by atoms with van der Waals surface area (Å²) < 4.78 is 4.87. The van der Waals surface area contributed by atoms with E-state index in [9.17, 15) is 14.4 Å². The molecule has 0 radical (unpaired) electrons. The minimum atomic E-state index is -0.919. The van der Waals surface area contributed by atoms with Crippen LogP contribution < -0.4 is 0 Å². The normalized spacial score (nSPS) is 19.9. The Hall–Kier alpha value is -1.49. The molecule has 0 amide bonds. The molecule has 4 nitrogen and oxygen atoms in total. The van der Waals surface area contributed by atoms with Crippen LogP contribution in [0.5, 0.6) is 0 Å². The lowest BCUT2D eigenvalue weighted by Crippen LogP contribution is -2.28. The van der Waals surface area contributed by atoms with Gasteiger partial charge in [-0.1, -0.05) is 0 Å². The fourth-order valence-electron chi connectivity index (χ4n) is 2.08. The monoisotopic (exact) mass is 252 g/mol. The van der Waals surface area contributed by atoms with Crippen molar-refractivity contribution in [3.05, 3.63) is 21.4 Å². The van der Waals surface area contributed by atoms with Crippen LogP contribution in [0.1, 0.15) is 27.7 Å². The van der Waals surface area contributed by atoms with Crippen molar-refractivity contribution in [3.8, 4) is 0 Å². The Balaban J connectivity index is 2.14. The number of hydrogen-bond donors (Lipinski definition) is 0. The van der Waals surface area contributed by atoms with Gasteiger partial charge in [-0.2, -0.15) is 0 Å². The first-order valence-corrected chi connectivity index (χ1v) is 6.19. The van der Waals surface area contributed by atoms with Gasteiger partial charge >= 0.3 is 5.97 Å². The number of ketones is 1. The van der Waals surface area contributed by atoms with E-state index in [1.165, 1.54) is 11.3 Å². The van der Waals surface area contributed by atoms with E-state index in [1.54, 1.807) is 6.92 Å². The van der Waals surface area contributed by atoms with Crippen molar-refractivity contribution in [1.29, 1.82) is 0 Å². The second-order valence-corrected chi connectivity index (χ2v) is 5.04. The van der Waals surface area contributed by atoms with Crippen LogP contribution in [-0.2, 0) is 20.7 Å². The molecule has 1 aromatic heterocycles. The van der Waals surface area contributed by atoms with Crippen LogP contribution in [0.3, 0.4) is 0 Å². The highest BCUT2D eigenvalue weighted by atomic mass is 32.1. The Morgan fingerprint density at radius 1 is 1.65 bits per heavy atom. The number of ether oxygens (including phenoxy) is 1. The molecule has 17 heavy (non-hydrogen) atoms. The number of aryl methyl sites for hydroxylation is 1. The molecule has 2 rings (SSSR count). The van der Waals surface area contributed by atoms with Gasteiger partial charge in [-0.15, -0.1) is 11.3 Å². The molecule has 1 heterocycles. The summed E-state index contributed by atoms with van der Waals surface area (Å²) in [5.41, 5.74) is 2.16. The molecular formula is C12H12O4S. The highest BCUT2D eigenvalue weighted by molar-refractivity contribution is 7.12. The first-order valence-electron chi connectivity index (χ1n) is 5.31. The number of carbonyl (C=O) groups is 3. The van der Waals surface area contributed by atoms with Gasteiger partial charge in [0.2, 0.25) is 6.29 Å². The van der Waals surface area contributed by atoms with Crippen molar-refractivity contribution in [2.75, 3.05) is 0 Å². The number of aldehydes is 1. The van der Waals surface area contributed by atoms with E-state index >= 15 is 0 Å². The van der Waals surface area contributed by atoms with E-state index in [-0.39, 0.29) is 18.0 Å². The van der Waals surface area contributed by atoms with Crippen LogP contribution in [0.25, 0.3) is 0 Å². The van der Waals surface area contributed by atoms with E-state index in [0.29, 0.717) is 6.42 Å². The predicted molar refractivity (Wildman–Crippen MR) is 62.2 cm³/mol. The SMILES string of the molecule is Cc1csc2c1CC(C(C)OC(=O)C=O)C2=O. The zero-order valence-corrected chi connectivity index (χ0v) is 10.4. The minimum Gasteiger partial charge on any atom is -0.456 e. The summed E-state index contributed by atoms with van der Waals surface area (Å²) >= 11 is 1.43. The number of Topliss-reactive ketones (excluding diaryl/α,β-unsaturated/α-hetero) is 1. The van der Waals surface area contributed by atoms with Crippen LogP contribution in [-0.4, -0.2) is 24.1 Å². The molecule has 0 aliphatic heterocycles. The van der Waals surface area contributed by atoms with Crippen molar-refractivity contribution >= 4 is 29.4 Å². The van der Waals surface area contributed by atoms with Gasteiger partial charge in [-0.05, 0) is 36.8 Å². The Morgan fingerprint density at radius 2 is 2.35 bits per heavy atom. The van der Waals surface area contributed by atoms with Crippen molar-refractivity contribution in [2.24, 2.45) is 5.92 Å². The maximum Gasteiger partial charge on any atom is 0.371 e. The number of fused-ring (bicyclic) bond motifs is 1. The Labute approximate surface area is 103 Å². The summed E-state index contributed by atoms with van der Waals surface area (Å²) in [4.78, 5) is 33.9. The summed E-state index contributed by atoms with van der Waals surface area (Å²) in [5.74, 6) is -1.25. The van der Waals surface area contributed by atoms with E-state index < -0.39 is 12.1 Å². The van der Waals surface area contributed by atoms with Gasteiger partial charge in [0.15, 0.2) is 5.78 Å². The number of rotatable bonds is 3. The first kappa shape index (κ1) is 12.0. The zero-order chi connectivity index (χ0) is 12.6.